The molecule has 1 aromatic heterocycles. The van der Waals surface area contributed by atoms with Crippen LogP contribution in [0.4, 0.5) is 0 Å². The highest BCUT2D eigenvalue weighted by atomic mass is 16.5. The highest BCUT2D eigenvalue weighted by Gasteiger charge is 2.27. The number of aromatic nitrogens is 2. The number of ketones is 1. The monoisotopic (exact) mass is 651 g/mol. The van der Waals surface area contributed by atoms with Gasteiger partial charge in [0.2, 0.25) is 5.78 Å². The summed E-state index contributed by atoms with van der Waals surface area (Å²) in [5, 5.41) is 0. The lowest BCUT2D eigenvalue weighted by molar-refractivity contribution is 0.0526. The van der Waals surface area contributed by atoms with E-state index in [0.717, 1.165) is 56.6 Å². The summed E-state index contributed by atoms with van der Waals surface area (Å²) < 4.78 is 7.34. The molecule has 6 nitrogen and oxygen atoms in total. The molecular weight excluding hydrogens is 606 g/mol. The van der Waals surface area contributed by atoms with Gasteiger partial charge < -0.3 is 9.30 Å². The molecule has 1 aliphatic carbocycles. The van der Waals surface area contributed by atoms with Gasteiger partial charge in [0, 0.05) is 31.2 Å². The van der Waals surface area contributed by atoms with Crippen molar-refractivity contribution in [3.05, 3.63) is 161 Å². The topological polar surface area (TPSA) is 64.4 Å². The molecule has 250 valence electrons. The Kier molecular flexibility index (Phi) is 11.3. The van der Waals surface area contributed by atoms with Crippen molar-refractivity contribution in [1.82, 2.24) is 14.5 Å². The van der Waals surface area contributed by atoms with Crippen LogP contribution in [0.15, 0.2) is 128 Å². The van der Waals surface area contributed by atoms with Crippen molar-refractivity contribution in [2.45, 2.75) is 52.1 Å². The Bertz CT molecular complexity index is 1840. The molecule has 49 heavy (non-hydrogen) atoms. The fourth-order valence-electron chi connectivity index (χ4n) is 6.93. The van der Waals surface area contributed by atoms with Gasteiger partial charge in [0.1, 0.15) is 5.69 Å². The fourth-order valence-corrected chi connectivity index (χ4v) is 6.93. The first-order valence-corrected chi connectivity index (χ1v) is 17.4. The quantitative estimate of drug-likeness (QED) is 0.0645. The van der Waals surface area contributed by atoms with E-state index in [1.165, 1.54) is 22.3 Å². The number of allylic oxidation sites excluding steroid dienone is 1. The molecule has 0 saturated carbocycles. The fraction of sp³-hybridized carbons (Fsp3) is 0.279. The molecule has 5 aromatic rings. The molecule has 0 spiro atoms. The summed E-state index contributed by atoms with van der Waals surface area (Å²) in [5.74, 6) is 0.0383. The van der Waals surface area contributed by atoms with Crippen LogP contribution < -0.4 is 0 Å². The molecule has 4 aromatic carbocycles. The lowest BCUT2D eigenvalue weighted by atomic mass is 9.99. The van der Waals surface area contributed by atoms with Gasteiger partial charge in [-0.1, -0.05) is 110 Å². The van der Waals surface area contributed by atoms with Gasteiger partial charge >= 0.3 is 5.97 Å². The zero-order valence-electron chi connectivity index (χ0n) is 28.5. The minimum atomic E-state index is -0.285. The van der Waals surface area contributed by atoms with Crippen molar-refractivity contribution in [2.24, 2.45) is 5.92 Å². The largest absolute Gasteiger partial charge is 0.462 e. The molecule has 1 atom stereocenters. The number of ether oxygens (including phenoxy) is 1. The van der Waals surface area contributed by atoms with Crippen LogP contribution in [0.3, 0.4) is 0 Å². The Morgan fingerprint density at radius 3 is 2.20 bits per heavy atom. The van der Waals surface area contributed by atoms with Gasteiger partial charge in [-0.25, -0.2) is 9.78 Å². The summed E-state index contributed by atoms with van der Waals surface area (Å²) in [7, 11) is 0. The highest BCUT2D eigenvalue weighted by molar-refractivity contribution is 6.07. The maximum Gasteiger partial charge on any atom is 0.338 e. The lowest BCUT2D eigenvalue weighted by Crippen LogP contribution is -2.30. The zero-order chi connectivity index (χ0) is 34.0. The second-order valence-corrected chi connectivity index (χ2v) is 13.0. The van der Waals surface area contributed by atoms with E-state index in [1.54, 1.807) is 6.08 Å². The first-order chi connectivity index (χ1) is 24.0. The van der Waals surface area contributed by atoms with Crippen LogP contribution >= 0.6 is 0 Å². The Morgan fingerprint density at radius 1 is 0.878 bits per heavy atom. The molecular formula is C43H45N3O3. The maximum atomic E-state index is 13.7. The Hall–Kier alpha value is -5.07. The standard InChI is InChI=1S/C43H45N3O3/c1-3-49-43(48)36-23-21-33(22-24-36)26-32(2)29-45(30-34-14-6-4-7-15-34)25-13-12-20-40(47)41-42(35-16-8-5-9-17-35)46(31-44-41)39-27-37-18-10-11-19-38(37)28-39/h4-12,14-24,31-32,39H,3,13,25-30H2,1-2H3/b20-12-/t32-/m1/s1. The smallest absolute Gasteiger partial charge is 0.338 e. The average Bonchev–Trinajstić information content (AvgIpc) is 3.76. The molecule has 0 amide bonds. The SMILES string of the molecule is CCOC(=O)c1ccc(C[C@@H](C)CN(CC/C=C\C(=O)c2ncn(C3Cc4ccccc4C3)c2-c2ccccc2)Cc2ccccc2)cc1. The number of benzene rings is 4. The van der Waals surface area contributed by atoms with Crippen molar-refractivity contribution < 1.29 is 14.3 Å². The van der Waals surface area contributed by atoms with Gasteiger partial charge in [-0.05, 0) is 79.0 Å². The van der Waals surface area contributed by atoms with E-state index in [-0.39, 0.29) is 17.8 Å². The summed E-state index contributed by atoms with van der Waals surface area (Å²) in [6, 6.07) is 37.3. The third-order valence-electron chi connectivity index (χ3n) is 9.25. The van der Waals surface area contributed by atoms with Gasteiger partial charge in [0.15, 0.2) is 0 Å². The summed E-state index contributed by atoms with van der Waals surface area (Å²) in [6.45, 7) is 7.01. The Labute approximate surface area is 290 Å². The predicted octanol–water partition coefficient (Wildman–Crippen LogP) is 8.58. The van der Waals surface area contributed by atoms with Crippen LogP contribution in [0.1, 0.15) is 69.4 Å². The van der Waals surface area contributed by atoms with Gasteiger partial charge in [0.25, 0.3) is 0 Å². The van der Waals surface area contributed by atoms with Crippen LogP contribution in [0, 0.1) is 5.92 Å². The van der Waals surface area contributed by atoms with E-state index >= 15 is 0 Å². The molecule has 1 heterocycles. The third-order valence-corrected chi connectivity index (χ3v) is 9.25. The van der Waals surface area contributed by atoms with Crippen molar-refractivity contribution in [3.63, 3.8) is 0 Å². The number of imidazole rings is 1. The number of fused-ring (bicyclic) bond motifs is 1. The molecule has 0 radical (unpaired) electrons. The molecule has 0 saturated heterocycles. The van der Waals surface area contributed by atoms with E-state index in [9.17, 15) is 9.59 Å². The predicted molar refractivity (Wildman–Crippen MR) is 196 cm³/mol. The molecule has 0 N–H and O–H groups in total. The van der Waals surface area contributed by atoms with Crippen LogP contribution in [0.5, 0.6) is 0 Å². The van der Waals surface area contributed by atoms with Crippen molar-refractivity contribution >= 4 is 11.8 Å². The summed E-state index contributed by atoms with van der Waals surface area (Å²) in [6.07, 6.45) is 9.08. The van der Waals surface area contributed by atoms with E-state index in [1.807, 2.05) is 67.9 Å². The van der Waals surface area contributed by atoms with Crippen molar-refractivity contribution in [2.75, 3.05) is 19.7 Å². The summed E-state index contributed by atoms with van der Waals surface area (Å²) >= 11 is 0. The second kappa shape index (κ2) is 16.4. The van der Waals surface area contributed by atoms with Gasteiger partial charge in [-0.15, -0.1) is 0 Å². The molecule has 6 rings (SSSR count). The lowest BCUT2D eigenvalue weighted by Gasteiger charge is -2.25. The van der Waals surface area contributed by atoms with Crippen molar-refractivity contribution in [3.8, 4) is 11.3 Å². The van der Waals surface area contributed by atoms with Crippen LogP contribution in [-0.4, -0.2) is 45.9 Å². The van der Waals surface area contributed by atoms with E-state index in [0.29, 0.717) is 23.8 Å². The van der Waals surface area contributed by atoms with Crippen LogP contribution in [0.2, 0.25) is 0 Å². The highest BCUT2D eigenvalue weighted by Crippen LogP contribution is 2.35. The molecule has 0 unspecified atom stereocenters. The number of carbonyl (C=O) groups excluding carboxylic acids is 2. The third kappa shape index (κ3) is 8.70. The minimum Gasteiger partial charge on any atom is -0.462 e. The average molecular weight is 652 g/mol. The van der Waals surface area contributed by atoms with E-state index in [2.05, 4.69) is 77.1 Å². The number of rotatable bonds is 15. The molecule has 0 fully saturated rings. The van der Waals surface area contributed by atoms with Gasteiger partial charge in [-0.2, -0.15) is 0 Å². The summed E-state index contributed by atoms with van der Waals surface area (Å²) in [5.41, 5.74) is 8.18. The number of hydrogen-bond acceptors (Lipinski definition) is 5. The second-order valence-electron chi connectivity index (χ2n) is 13.0. The number of carbonyl (C=O) groups is 2. The first-order valence-electron chi connectivity index (χ1n) is 17.4. The van der Waals surface area contributed by atoms with Gasteiger partial charge in [-0.3, -0.25) is 9.69 Å². The van der Waals surface area contributed by atoms with E-state index < -0.39 is 0 Å². The number of hydrogen-bond donors (Lipinski definition) is 0. The molecule has 0 aliphatic heterocycles. The molecule has 1 aliphatic rings. The first kappa shape index (κ1) is 33.8. The molecule has 0 bridgehead atoms. The Balaban J connectivity index is 1.12. The summed E-state index contributed by atoms with van der Waals surface area (Å²) in [4.78, 5) is 32.9. The van der Waals surface area contributed by atoms with Gasteiger partial charge in [0.05, 0.1) is 24.2 Å². The molecule has 6 heteroatoms. The van der Waals surface area contributed by atoms with E-state index in [4.69, 9.17) is 9.72 Å². The number of nitrogens with zero attached hydrogens (tertiary/aromatic N) is 3. The zero-order valence-corrected chi connectivity index (χ0v) is 28.5. The van der Waals surface area contributed by atoms with Crippen molar-refractivity contribution in [1.29, 1.82) is 0 Å². The maximum absolute atomic E-state index is 13.7. The van der Waals surface area contributed by atoms with Crippen LogP contribution in [-0.2, 0) is 30.5 Å². The number of esters is 1. The normalized spacial score (nSPS) is 13.5. The van der Waals surface area contributed by atoms with Crippen LogP contribution in [0.25, 0.3) is 11.3 Å². The minimum absolute atomic E-state index is 0.0673. The Morgan fingerprint density at radius 2 is 1.53 bits per heavy atom.